The van der Waals surface area contributed by atoms with Gasteiger partial charge in [0, 0.05) is 19.3 Å². The molecule has 0 spiro atoms. The lowest BCUT2D eigenvalue weighted by molar-refractivity contribution is -0.167. The molecule has 0 aromatic carbocycles. The summed E-state index contributed by atoms with van der Waals surface area (Å²) >= 11 is 0. The van der Waals surface area contributed by atoms with Crippen molar-refractivity contribution < 1.29 is 28.6 Å². The molecule has 0 bridgehead atoms. The van der Waals surface area contributed by atoms with Crippen molar-refractivity contribution in [3.63, 3.8) is 0 Å². The van der Waals surface area contributed by atoms with Crippen molar-refractivity contribution in [2.24, 2.45) is 0 Å². The van der Waals surface area contributed by atoms with E-state index in [1.54, 1.807) is 0 Å². The molecule has 6 heteroatoms. The van der Waals surface area contributed by atoms with Gasteiger partial charge in [-0.3, -0.25) is 14.4 Å². The molecule has 6 nitrogen and oxygen atoms in total. The fourth-order valence-corrected chi connectivity index (χ4v) is 9.50. The Bertz CT molecular complexity index is 1540. The Hall–Kier alpha value is -3.67. The maximum absolute atomic E-state index is 12.9. The lowest BCUT2D eigenvalue weighted by Gasteiger charge is -2.18. The van der Waals surface area contributed by atoms with Crippen molar-refractivity contribution in [1.82, 2.24) is 0 Å². The number of esters is 3. The van der Waals surface area contributed by atoms with Crippen molar-refractivity contribution in [2.75, 3.05) is 13.2 Å². The predicted octanol–water partition coefficient (Wildman–Crippen LogP) is 23.2. The van der Waals surface area contributed by atoms with Crippen LogP contribution < -0.4 is 0 Å². The van der Waals surface area contributed by atoms with Crippen molar-refractivity contribution in [3.8, 4) is 0 Å². The van der Waals surface area contributed by atoms with Crippen LogP contribution in [0.15, 0.2) is 97.2 Å². The predicted molar refractivity (Wildman–Crippen MR) is 344 cm³/mol. The first-order chi connectivity index (χ1) is 39.0. The molecular weight excluding hydrogens is 973 g/mol. The van der Waals surface area contributed by atoms with Gasteiger partial charge in [0.2, 0.25) is 0 Å². The Labute approximate surface area is 489 Å². The van der Waals surface area contributed by atoms with E-state index < -0.39 is 6.10 Å². The van der Waals surface area contributed by atoms with Crippen molar-refractivity contribution >= 4 is 17.9 Å². The third kappa shape index (κ3) is 65.0. The largest absolute Gasteiger partial charge is 0.462 e. The molecule has 0 rings (SSSR count). The van der Waals surface area contributed by atoms with Gasteiger partial charge in [0.15, 0.2) is 6.10 Å². The summed E-state index contributed by atoms with van der Waals surface area (Å²) in [5, 5.41) is 0. The highest BCUT2D eigenvalue weighted by atomic mass is 16.6. The van der Waals surface area contributed by atoms with Gasteiger partial charge in [0.1, 0.15) is 13.2 Å². The molecule has 0 aromatic heterocycles. The van der Waals surface area contributed by atoms with Gasteiger partial charge in [-0.15, -0.1) is 0 Å². The number of carbonyl (C=O) groups is 3. The summed E-state index contributed by atoms with van der Waals surface area (Å²) in [6.07, 6.45) is 90.0. The number of hydrogen-bond donors (Lipinski definition) is 0. The van der Waals surface area contributed by atoms with Crippen LogP contribution in [0.5, 0.6) is 0 Å². The van der Waals surface area contributed by atoms with Crippen LogP contribution in [-0.4, -0.2) is 37.2 Å². The molecular formula is C73H126O6. The molecule has 0 heterocycles. The summed E-state index contributed by atoms with van der Waals surface area (Å²) in [5.41, 5.74) is 0. The smallest absolute Gasteiger partial charge is 0.306 e. The Balaban J connectivity index is 4.37. The Kier molecular flexibility index (Phi) is 63.7. The molecule has 79 heavy (non-hydrogen) atoms. The first kappa shape index (κ1) is 75.3. The van der Waals surface area contributed by atoms with E-state index in [1.165, 1.54) is 193 Å². The Morgan fingerprint density at radius 3 is 0.810 bits per heavy atom. The lowest BCUT2D eigenvalue weighted by Crippen LogP contribution is -2.30. The number of ether oxygens (including phenoxy) is 3. The number of allylic oxidation sites excluding steroid dienone is 16. The van der Waals surface area contributed by atoms with E-state index in [2.05, 4.69) is 118 Å². The third-order valence-corrected chi connectivity index (χ3v) is 14.5. The monoisotopic (exact) mass is 1100 g/mol. The first-order valence-corrected chi connectivity index (χ1v) is 33.7. The third-order valence-electron chi connectivity index (χ3n) is 14.5. The summed E-state index contributed by atoms with van der Waals surface area (Å²) in [7, 11) is 0. The van der Waals surface area contributed by atoms with Crippen LogP contribution >= 0.6 is 0 Å². The minimum absolute atomic E-state index is 0.0929. The standard InChI is InChI=1S/C73H126O6/c1-4-7-10-13-16-19-22-25-28-30-32-34-35-36-37-39-40-42-45-48-51-54-57-60-63-66-72(75)78-69-70(68-77-71(74)65-62-59-56-53-50-47-44-27-24-21-18-15-12-9-6-3)79-73(76)67-64-61-58-55-52-49-46-43-41-38-33-31-29-26-23-20-17-14-11-8-5-2/h9,12,18,21-22,25,27,30-33,35-36,44,50,53,70H,4-8,10-11,13-17,19-20,23-24,26,28-29,34,37-43,45-49,51-52,54-69H2,1-3H3/b12-9-,21-18-,25-22-,32-30-,33-31-,36-35-,44-27-,53-50-. The highest BCUT2D eigenvalue weighted by Crippen LogP contribution is 2.16. The molecule has 0 aliphatic rings. The zero-order chi connectivity index (χ0) is 57.1. The van der Waals surface area contributed by atoms with E-state index in [-0.39, 0.29) is 31.1 Å². The van der Waals surface area contributed by atoms with Crippen LogP contribution in [0.4, 0.5) is 0 Å². The van der Waals surface area contributed by atoms with Crippen LogP contribution in [0.3, 0.4) is 0 Å². The second-order valence-corrected chi connectivity index (χ2v) is 22.3. The minimum atomic E-state index is -0.800. The molecule has 1 atom stereocenters. The van der Waals surface area contributed by atoms with Gasteiger partial charge in [-0.1, -0.05) is 285 Å². The molecule has 0 aliphatic heterocycles. The lowest BCUT2D eigenvalue weighted by atomic mass is 10.0. The van der Waals surface area contributed by atoms with E-state index in [9.17, 15) is 14.4 Å². The van der Waals surface area contributed by atoms with Gasteiger partial charge in [-0.05, 0) is 122 Å². The Morgan fingerprint density at radius 2 is 0.494 bits per heavy atom. The number of hydrogen-bond acceptors (Lipinski definition) is 6. The molecule has 0 saturated heterocycles. The molecule has 0 aliphatic carbocycles. The highest BCUT2D eigenvalue weighted by Gasteiger charge is 2.19. The molecule has 0 radical (unpaired) electrons. The maximum Gasteiger partial charge on any atom is 0.306 e. The van der Waals surface area contributed by atoms with E-state index >= 15 is 0 Å². The zero-order valence-corrected chi connectivity index (χ0v) is 52.1. The van der Waals surface area contributed by atoms with E-state index in [4.69, 9.17) is 14.2 Å². The van der Waals surface area contributed by atoms with Crippen molar-refractivity contribution in [2.45, 2.75) is 335 Å². The van der Waals surface area contributed by atoms with Gasteiger partial charge >= 0.3 is 17.9 Å². The topological polar surface area (TPSA) is 78.9 Å². The number of carbonyl (C=O) groups excluding carboxylic acids is 3. The fourth-order valence-electron chi connectivity index (χ4n) is 9.50. The summed E-state index contributed by atoms with van der Waals surface area (Å²) in [4.78, 5) is 38.4. The molecule has 0 amide bonds. The molecule has 454 valence electrons. The summed E-state index contributed by atoms with van der Waals surface area (Å²) in [6.45, 7) is 6.51. The van der Waals surface area contributed by atoms with E-state index in [1.807, 2.05) is 0 Å². The summed E-state index contributed by atoms with van der Waals surface area (Å²) < 4.78 is 16.9. The molecule has 0 fully saturated rings. The van der Waals surface area contributed by atoms with Crippen molar-refractivity contribution in [1.29, 1.82) is 0 Å². The quantitative estimate of drug-likeness (QED) is 0.0261. The molecule has 1 unspecified atom stereocenters. The second kappa shape index (κ2) is 66.8. The Morgan fingerprint density at radius 1 is 0.266 bits per heavy atom. The SMILES string of the molecule is CC/C=C\C/C=C\C/C=C\C/C=C\CCCCC(=O)OCC(COC(=O)CCCCCCCCCCCC/C=C\C/C=C\C/C=C\CCCCCCC)OC(=O)CCCCCCCCCCC/C=C\CCCCCCCCCC. The van der Waals surface area contributed by atoms with Gasteiger partial charge in [-0.25, -0.2) is 0 Å². The van der Waals surface area contributed by atoms with Gasteiger partial charge in [0.05, 0.1) is 0 Å². The van der Waals surface area contributed by atoms with Crippen LogP contribution in [0.25, 0.3) is 0 Å². The van der Waals surface area contributed by atoms with E-state index in [0.29, 0.717) is 19.3 Å². The second-order valence-electron chi connectivity index (χ2n) is 22.3. The highest BCUT2D eigenvalue weighted by molar-refractivity contribution is 5.71. The number of unbranched alkanes of at least 4 members (excludes halogenated alkanes) is 34. The van der Waals surface area contributed by atoms with Gasteiger partial charge in [0.25, 0.3) is 0 Å². The summed E-state index contributed by atoms with van der Waals surface area (Å²) in [5.74, 6) is -0.930. The van der Waals surface area contributed by atoms with Crippen LogP contribution in [0, 0.1) is 0 Å². The fraction of sp³-hybridized carbons (Fsp3) is 0.740. The first-order valence-electron chi connectivity index (χ1n) is 33.7. The van der Waals surface area contributed by atoms with Gasteiger partial charge in [-0.2, -0.15) is 0 Å². The minimum Gasteiger partial charge on any atom is -0.462 e. The number of rotatable bonds is 61. The molecule has 0 saturated carbocycles. The molecule has 0 N–H and O–H groups in total. The molecule has 0 aromatic rings. The van der Waals surface area contributed by atoms with Crippen LogP contribution in [-0.2, 0) is 28.6 Å². The van der Waals surface area contributed by atoms with Crippen LogP contribution in [0.2, 0.25) is 0 Å². The van der Waals surface area contributed by atoms with E-state index in [0.717, 1.165) is 96.3 Å². The average molecular weight is 1100 g/mol. The summed E-state index contributed by atoms with van der Waals surface area (Å²) in [6, 6.07) is 0. The zero-order valence-electron chi connectivity index (χ0n) is 52.1. The normalized spacial score (nSPS) is 12.7. The van der Waals surface area contributed by atoms with Gasteiger partial charge < -0.3 is 14.2 Å². The maximum atomic E-state index is 12.9. The van der Waals surface area contributed by atoms with Crippen molar-refractivity contribution in [3.05, 3.63) is 97.2 Å². The average Bonchev–Trinajstić information content (AvgIpc) is 3.45. The van der Waals surface area contributed by atoms with Crippen LogP contribution in [0.1, 0.15) is 329 Å².